The Labute approximate surface area is 168 Å². The number of likely N-dealkylation sites (N-methyl/N-ethyl adjacent to an activating group) is 1. The van der Waals surface area contributed by atoms with Gasteiger partial charge in [0, 0.05) is 28.9 Å². The summed E-state index contributed by atoms with van der Waals surface area (Å²) in [6, 6.07) is 11.0. The van der Waals surface area contributed by atoms with Gasteiger partial charge in [-0.3, -0.25) is 4.79 Å². The molecule has 134 valence electrons. The highest BCUT2D eigenvalue weighted by Crippen LogP contribution is 2.35. The number of nitrogens with zero attached hydrogens (tertiary/aromatic N) is 1. The third-order valence-electron chi connectivity index (χ3n) is 4.35. The number of halogens is 1. The highest BCUT2D eigenvalue weighted by molar-refractivity contribution is 14.0. The van der Waals surface area contributed by atoms with E-state index in [2.05, 4.69) is 24.1 Å². The van der Waals surface area contributed by atoms with Crippen molar-refractivity contribution in [3.05, 3.63) is 46.6 Å². The Kier molecular flexibility index (Phi) is 7.04. The minimum atomic E-state index is -0.0272. The molecule has 0 atom stereocenters. The molecule has 0 unspecified atom stereocenters. The summed E-state index contributed by atoms with van der Waals surface area (Å²) in [6.45, 7) is 7.98. The van der Waals surface area contributed by atoms with Crippen molar-refractivity contribution in [1.29, 1.82) is 0 Å². The number of anilines is 1. The maximum atomic E-state index is 12.9. The molecule has 6 heteroatoms. The molecule has 0 aliphatic heterocycles. The van der Waals surface area contributed by atoms with Crippen LogP contribution < -0.4 is 10.7 Å². The number of hydrogen-bond acceptors (Lipinski definition) is 5. The summed E-state index contributed by atoms with van der Waals surface area (Å²) in [6.07, 6.45) is 0. The summed E-state index contributed by atoms with van der Waals surface area (Å²) in [5.74, 6) is 0.159. The van der Waals surface area contributed by atoms with Crippen LogP contribution in [-0.4, -0.2) is 36.2 Å². The molecule has 0 fully saturated rings. The molecule has 2 N–H and O–H groups in total. The lowest BCUT2D eigenvalue weighted by Gasteiger charge is -2.19. The summed E-state index contributed by atoms with van der Waals surface area (Å²) in [7, 11) is 0. The first kappa shape index (κ1) is 19.9. The van der Waals surface area contributed by atoms with Gasteiger partial charge in [0.1, 0.15) is 5.75 Å². The van der Waals surface area contributed by atoms with E-state index in [1.807, 2.05) is 24.3 Å². The maximum Gasteiger partial charge on any atom is 0.198 e. The average molecular weight is 470 g/mol. The zero-order valence-corrected chi connectivity index (χ0v) is 17.6. The molecule has 0 bridgehead atoms. The molecule has 2 aromatic carbocycles. The van der Waals surface area contributed by atoms with E-state index in [1.54, 1.807) is 12.1 Å². The van der Waals surface area contributed by atoms with Gasteiger partial charge in [-0.25, -0.2) is 0 Å². The molecule has 0 spiro atoms. The van der Waals surface area contributed by atoms with Crippen molar-refractivity contribution in [3.8, 4) is 5.75 Å². The zero-order valence-electron chi connectivity index (χ0n) is 14.4. The van der Waals surface area contributed by atoms with Gasteiger partial charge in [-0.2, -0.15) is 0 Å². The first-order valence-corrected chi connectivity index (χ1v) is 9.11. The van der Waals surface area contributed by atoms with E-state index in [0.29, 0.717) is 15.5 Å². The predicted octanol–water partition coefficient (Wildman–Crippen LogP) is 4.49. The molecule has 4 nitrogen and oxygen atoms in total. The van der Waals surface area contributed by atoms with Gasteiger partial charge in [-0.1, -0.05) is 26.0 Å². The minimum absolute atomic E-state index is 0. The molecule has 0 amide bonds. The lowest BCUT2D eigenvalue weighted by Crippen LogP contribution is -2.28. The molecule has 0 saturated heterocycles. The standard InChI is InChI=1S/C19H22N2O2S.HI/c1-3-21(4-2)12-11-20-14-9-10-15(22)19-17(14)18(23)13-7-5-6-8-16(13)24-19;/h5-10,20,22H,3-4,11-12H2,1-2H3;1H. The van der Waals surface area contributed by atoms with Crippen LogP contribution in [0.2, 0.25) is 0 Å². The Hall–Kier alpha value is -1.38. The van der Waals surface area contributed by atoms with Crippen LogP contribution in [0.15, 0.2) is 41.2 Å². The first-order chi connectivity index (χ1) is 11.7. The fourth-order valence-corrected chi connectivity index (χ4v) is 4.04. The van der Waals surface area contributed by atoms with Crippen LogP contribution in [0.1, 0.15) is 13.8 Å². The highest BCUT2D eigenvalue weighted by Gasteiger charge is 2.13. The van der Waals surface area contributed by atoms with Crippen molar-refractivity contribution in [2.24, 2.45) is 0 Å². The SMILES string of the molecule is CCN(CC)CCNc1ccc(O)c2sc3ccccc3c(=O)c12.I. The Morgan fingerprint density at radius 2 is 1.84 bits per heavy atom. The van der Waals surface area contributed by atoms with Gasteiger partial charge in [0.25, 0.3) is 0 Å². The number of hydrogen-bond donors (Lipinski definition) is 2. The largest absolute Gasteiger partial charge is 0.506 e. The predicted molar refractivity (Wildman–Crippen MR) is 119 cm³/mol. The van der Waals surface area contributed by atoms with Crippen molar-refractivity contribution in [2.45, 2.75) is 13.8 Å². The second kappa shape index (κ2) is 8.82. The van der Waals surface area contributed by atoms with Gasteiger partial charge < -0.3 is 15.3 Å². The summed E-state index contributed by atoms with van der Waals surface area (Å²) in [4.78, 5) is 15.2. The van der Waals surface area contributed by atoms with Crippen molar-refractivity contribution < 1.29 is 5.11 Å². The number of benzene rings is 2. The monoisotopic (exact) mass is 470 g/mol. The quantitative estimate of drug-likeness (QED) is 0.317. The second-order valence-corrected chi connectivity index (χ2v) is 6.77. The number of aromatic hydroxyl groups is 1. The van der Waals surface area contributed by atoms with Gasteiger partial charge in [0.15, 0.2) is 5.43 Å². The molecule has 0 aliphatic carbocycles. The van der Waals surface area contributed by atoms with Crippen LogP contribution in [0.25, 0.3) is 20.2 Å². The first-order valence-electron chi connectivity index (χ1n) is 8.29. The lowest BCUT2D eigenvalue weighted by molar-refractivity contribution is 0.316. The van der Waals surface area contributed by atoms with Crippen LogP contribution in [-0.2, 0) is 0 Å². The third-order valence-corrected chi connectivity index (χ3v) is 5.54. The molecule has 1 aromatic heterocycles. The smallest absolute Gasteiger partial charge is 0.198 e. The Balaban J connectivity index is 0.00000225. The highest BCUT2D eigenvalue weighted by atomic mass is 127. The van der Waals surface area contributed by atoms with Gasteiger partial charge in [0.2, 0.25) is 0 Å². The average Bonchev–Trinajstić information content (AvgIpc) is 2.61. The normalized spacial score (nSPS) is 11.0. The van der Waals surface area contributed by atoms with E-state index in [4.69, 9.17) is 0 Å². The molecule has 0 saturated carbocycles. The van der Waals surface area contributed by atoms with Gasteiger partial charge in [0.05, 0.1) is 10.1 Å². The summed E-state index contributed by atoms with van der Waals surface area (Å²) >= 11 is 1.45. The van der Waals surface area contributed by atoms with E-state index < -0.39 is 0 Å². The van der Waals surface area contributed by atoms with E-state index >= 15 is 0 Å². The molecule has 3 aromatic rings. The third kappa shape index (κ3) is 4.07. The van der Waals surface area contributed by atoms with Crippen molar-refractivity contribution in [3.63, 3.8) is 0 Å². The number of rotatable bonds is 6. The number of phenolic OH excluding ortho intramolecular Hbond substituents is 1. The van der Waals surface area contributed by atoms with Crippen molar-refractivity contribution in [1.82, 2.24) is 4.90 Å². The van der Waals surface area contributed by atoms with E-state index in [1.165, 1.54) is 11.3 Å². The molecule has 3 rings (SSSR count). The van der Waals surface area contributed by atoms with E-state index in [0.717, 1.165) is 36.6 Å². The van der Waals surface area contributed by atoms with Crippen molar-refractivity contribution in [2.75, 3.05) is 31.5 Å². The lowest BCUT2D eigenvalue weighted by atomic mass is 10.1. The van der Waals surface area contributed by atoms with Gasteiger partial charge in [-0.15, -0.1) is 35.3 Å². The molecule has 1 heterocycles. The second-order valence-electron chi connectivity index (χ2n) is 5.72. The van der Waals surface area contributed by atoms with Crippen LogP contribution in [0.3, 0.4) is 0 Å². The van der Waals surface area contributed by atoms with Gasteiger partial charge >= 0.3 is 0 Å². The summed E-state index contributed by atoms with van der Waals surface area (Å²) < 4.78 is 1.54. The van der Waals surface area contributed by atoms with E-state index in [-0.39, 0.29) is 35.2 Å². The molecular formula is C19H23IN2O2S. The minimum Gasteiger partial charge on any atom is -0.506 e. The summed E-state index contributed by atoms with van der Waals surface area (Å²) in [5, 5.41) is 14.9. The fourth-order valence-electron chi connectivity index (χ4n) is 2.92. The van der Waals surface area contributed by atoms with Crippen molar-refractivity contribution >= 4 is 61.2 Å². The number of fused-ring (bicyclic) bond motifs is 2. The molecule has 0 aliphatic rings. The topological polar surface area (TPSA) is 52.6 Å². The molecule has 25 heavy (non-hydrogen) atoms. The summed E-state index contributed by atoms with van der Waals surface area (Å²) in [5.41, 5.74) is 0.766. The van der Waals surface area contributed by atoms with E-state index in [9.17, 15) is 9.90 Å². The van der Waals surface area contributed by atoms with Crippen LogP contribution in [0.4, 0.5) is 5.69 Å². The van der Waals surface area contributed by atoms with Crippen LogP contribution in [0.5, 0.6) is 5.75 Å². The molecule has 0 radical (unpaired) electrons. The number of nitrogens with one attached hydrogen (secondary N) is 1. The zero-order chi connectivity index (χ0) is 17.1. The maximum absolute atomic E-state index is 12.9. The number of phenols is 1. The fraction of sp³-hybridized carbons (Fsp3) is 0.316. The van der Waals surface area contributed by atoms with Crippen LogP contribution >= 0.6 is 35.3 Å². The van der Waals surface area contributed by atoms with Crippen LogP contribution in [0, 0.1) is 0 Å². The molecular weight excluding hydrogens is 447 g/mol. The Morgan fingerprint density at radius 3 is 2.56 bits per heavy atom. The van der Waals surface area contributed by atoms with Gasteiger partial charge in [-0.05, 0) is 37.4 Å². The Morgan fingerprint density at radius 1 is 1.12 bits per heavy atom. The Bertz CT molecular complexity index is 922.